The van der Waals surface area contributed by atoms with Gasteiger partial charge in [-0.05, 0) is 31.1 Å². The molecule has 0 radical (unpaired) electrons. The van der Waals surface area contributed by atoms with Crippen LogP contribution in [0.2, 0.25) is 0 Å². The van der Waals surface area contributed by atoms with Crippen molar-refractivity contribution in [1.82, 2.24) is 10.6 Å². The first kappa shape index (κ1) is 24.6. The second kappa shape index (κ2) is 12.1. The molecule has 0 aliphatic heterocycles. The van der Waals surface area contributed by atoms with Crippen molar-refractivity contribution in [3.63, 3.8) is 0 Å². The molecule has 0 saturated heterocycles. The molecule has 3 atom stereocenters. The Morgan fingerprint density at radius 3 is 2.00 bits per heavy atom. The lowest BCUT2D eigenvalue weighted by Gasteiger charge is -2.25. The highest BCUT2D eigenvalue weighted by atomic mass is 16.4. The Morgan fingerprint density at radius 2 is 1.56 bits per heavy atom. The molecule has 0 aromatic carbocycles. The minimum atomic E-state index is -1.17. The molecule has 27 heavy (non-hydrogen) atoms. The molecular formula is C17H34N6O4. The molecule has 0 spiro atoms. The van der Waals surface area contributed by atoms with Gasteiger partial charge in [-0.2, -0.15) is 0 Å². The van der Waals surface area contributed by atoms with Crippen LogP contribution in [0.25, 0.3) is 0 Å². The van der Waals surface area contributed by atoms with Gasteiger partial charge in [0.05, 0.1) is 6.04 Å². The van der Waals surface area contributed by atoms with Crippen molar-refractivity contribution in [1.29, 1.82) is 0 Å². The summed E-state index contributed by atoms with van der Waals surface area (Å²) in [5.41, 5.74) is 16.3. The number of hydrogen-bond acceptors (Lipinski definition) is 5. The van der Waals surface area contributed by atoms with Crippen LogP contribution in [0, 0.1) is 11.8 Å². The fraction of sp³-hybridized carbons (Fsp3) is 0.765. The summed E-state index contributed by atoms with van der Waals surface area (Å²) in [5, 5.41) is 14.4. The van der Waals surface area contributed by atoms with Gasteiger partial charge in [0.1, 0.15) is 12.1 Å². The van der Waals surface area contributed by atoms with Gasteiger partial charge in [0, 0.05) is 6.54 Å². The van der Waals surface area contributed by atoms with Gasteiger partial charge in [-0.3, -0.25) is 14.6 Å². The number of rotatable bonds is 12. The van der Waals surface area contributed by atoms with Gasteiger partial charge in [0.2, 0.25) is 11.8 Å². The maximum Gasteiger partial charge on any atom is 0.326 e. The van der Waals surface area contributed by atoms with Gasteiger partial charge in [-0.15, -0.1) is 0 Å². The normalized spacial score (nSPS) is 14.3. The zero-order valence-corrected chi connectivity index (χ0v) is 16.6. The molecule has 156 valence electrons. The van der Waals surface area contributed by atoms with Gasteiger partial charge >= 0.3 is 5.97 Å². The topological polar surface area (TPSA) is 186 Å². The molecule has 0 aromatic heterocycles. The number of nitrogens with zero attached hydrogens (tertiary/aromatic N) is 1. The van der Waals surface area contributed by atoms with Crippen molar-refractivity contribution in [2.75, 3.05) is 6.54 Å². The first-order valence-corrected chi connectivity index (χ1v) is 9.10. The van der Waals surface area contributed by atoms with Gasteiger partial charge in [0.15, 0.2) is 5.96 Å². The Hall–Kier alpha value is -2.36. The number of carbonyl (C=O) groups is 3. The van der Waals surface area contributed by atoms with E-state index in [1.807, 2.05) is 13.8 Å². The second-order valence-electron chi connectivity index (χ2n) is 7.31. The number of guanidine groups is 1. The van der Waals surface area contributed by atoms with E-state index in [0.717, 1.165) is 0 Å². The summed E-state index contributed by atoms with van der Waals surface area (Å²) in [4.78, 5) is 40.0. The molecule has 0 saturated carbocycles. The summed E-state index contributed by atoms with van der Waals surface area (Å²) in [6.07, 6.45) is 0.906. The number of nitrogens with one attached hydrogen (secondary N) is 2. The highest BCUT2D eigenvalue weighted by molar-refractivity contribution is 5.91. The third-order valence-electron chi connectivity index (χ3n) is 3.92. The Bertz CT molecular complexity index is 532. The Morgan fingerprint density at radius 1 is 1.00 bits per heavy atom. The summed E-state index contributed by atoms with van der Waals surface area (Å²) >= 11 is 0. The van der Waals surface area contributed by atoms with Crippen LogP contribution < -0.4 is 27.8 Å². The van der Waals surface area contributed by atoms with E-state index in [-0.39, 0.29) is 30.8 Å². The molecule has 0 aromatic rings. The third-order valence-corrected chi connectivity index (χ3v) is 3.92. The maximum atomic E-state index is 12.6. The van der Waals surface area contributed by atoms with E-state index in [4.69, 9.17) is 17.2 Å². The van der Waals surface area contributed by atoms with Gasteiger partial charge < -0.3 is 32.9 Å². The zero-order valence-electron chi connectivity index (χ0n) is 16.6. The number of amides is 2. The lowest BCUT2D eigenvalue weighted by Crippen LogP contribution is -2.55. The summed E-state index contributed by atoms with van der Waals surface area (Å²) in [5.74, 6) is -2.21. The number of carbonyl (C=O) groups excluding carboxylic acids is 2. The van der Waals surface area contributed by atoms with Crippen LogP contribution in [0.1, 0.15) is 47.0 Å². The second-order valence-corrected chi connectivity index (χ2v) is 7.31. The van der Waals surface area contributed by atoms with Crippen molar-refractivity contribution in [3.8, 4) is 0 Å². The van der Waals surface area contributed by atoms with Crippen LogP contribution >= 0.6 is 0 Å². The van der Waals surface area contributed by atoms with Crippen molar-refractivity contribution in [2.45, 2.75) is 65.1 Å². The number of nitrogens with two attached hydrogens (primary N) is 3. The molecule has 0 fully saturated rings. The number of carboxylic acid groups (broad SMARTS) is 1. The molecular weight excluding hydrogens is 352 g/mol. The number of carboxylic acids is 1. The fourth-order valence-electron chi connectivity index (χ4n) is 2.31. The minimum Gasteiger partial charge on any atom is -0.480 e. The van der Waals surface area contributed by atoms with Crippen LogP contribution in [0.5, 0.6) is 0 Å². The molecule has 2 unspecified atom stereocenters. The average Bonchev–Trinajstić information content (AvgIpc) is 2.54. The highest BCUT2D eigenvalue weighted by Crippen LogP contribution is 2.08. The molecule has 9 N–H and O–H groups in total. The van der Waals surface area contributed by atoms with Crippen LogP contribution in [0.3, 0.4) is 0 Å². The van der Waals surface area contributed by atoms with E-state index < -0.39 is 35.9 Å². The fourth-order valence-corrected chi connectivity index (χ4v) is 2.31. The molecule has 0 aliphatic carbocycles. The molecule has 10 nitrogen and oxygen atoms in total. The molecule has 10 heteroatoms. The number of aliphatic carboxylic acids is 1. The van der Waals surface area contributed by atoms with Crippen LogP contribution in [-0.2, 0) is 14.4 Å². The zero-order chi connectivity index (χ0) is 21.1. The number of aliphatic imine (C=N–C) groups is 1. The van der Waals surface area contributed by atoms with E-state index in [0.29, 0.717) is 12.8 Å². The smallest absolute Gasteiger partial charge is 0.326 e. The summed E-state index contributed by atoms with van der Waals surface area (Å²) in [6.45, 7) is 7.67. The SMILES string of the molecule is CC(C)CC(NC(=O)C(N)C(C)C)C(=O)N[C@H](CCCN=C(N)N)C(=O)O. The van der Waals surface area contributed by atoms with Crippen LogP contribution in [-0.4, -0.2) is 53.5 Å². The maximum absolute atomic E-state index is 12.6. The van der Waals surface area contributed by atoms with Gasteiger partial charge in [-0.1, -0.05) is 27.7 Å². The molecule has 0 heterocycles. The molecule has 0 aliphatic rings. The van der Waals surface area contributed by atoms with E-state index in [1.54, 1.807) is 13.8 Å². The monoisotopic (exact) mass is 386 g/mol. The van der Waals surface area contributed by atoms with E-state index in [1.165, 1.54) is 0 Å². The predicted molar refractivity (Wildman–Crippen MR) is 104 cm³/mol. The Kier molecular flexibility index (Phi) is 11.0. The van der Waals surface area contributed by atoms with Crippen molar-refractivity contribution in [3.05, 3.63) is 0 Å². The average molecular weight is 386 g/mol. The first-order valence-electron chi connectivity index (χ1n) is 9.10. The van der Waals surface area contributed by atoms with E-state index >= 15 is 0 Å². The lowest BCUT2D eigenvalue weighted by atomic mass is 10.00. The first-order chi connectivity index (χ1) is 12.5. The van der Waals surface area contributed by atoms with Crippen molar-refractivity contribution >= 4 is 23.7 Å². The van der Waals surface area contributed by atoms with Crippen LogP contribution in [0.15, 0.2) is 4.99 Å². The molecule has 2 amide bonds. The summed E-state index contributed by atoms with van der Waals surface area (Å²) < 4.78 is 0. The van der Waals surface area contributed by atoms with E-state index in [2.05, 4.69) is 15.6 Å². The lowest BCUT2D eigenvalue weighted by molar-refractivity contribution is -0.142. The van der Waals surface area contributed by atoms with E-state index in [9.17, 15) is 19.5 Å². The predicted octanol–water partition coefficient (Wildman–Crippen LogP) is -0.876. The minimum absolute atomic E-state index is 0.0767. The van der Waals surface area contributed by atoms with Crippen LogP contribution in [0.4, 0.5) is 0 Å². The Labute approximate surface area is 160 Å². The number of hydrogen-bond donors (Lipinski definition) is 6. The third kappa shape index (κ3) is 10.4. The quantitative estimate of drug-likeness (QED) is 0.143. The van der Waals surface area contributed by atoms with Crippen molar-refractivity contribution < 1.29 is 19.5 Å². The standard InChI is InChI=1S/C17H34N6O4/c1-9(2)8-12(23-15(25)13(18)10(3)4)14(24)22-11(16(26)27)6-5-7-21-17(19)20/h9-13H,5-8,18H2,1-4H3,(H,22,24)(H,23,25)(H,26,27)(H4,19,20,21)/t11-,12?,13?/m1/s1. The summed E-state index contributed by atoms with van der Waals surface area (Å²) in [6, 6.07) is -2.71. The summed E-state index contributed by atoms with van der Waals surface area (Å²) in [7, 11) is 0. The largest absolute Gasteiger partial charge is 0.480 e. The highest BCUT2D eigenvalue weighted by Gasteiger charge is 2.28. The van der Waals surface area contributed by atoms with Crippen molar-refractivity contribution in [2.24, 2.45) is 34.0 Å². The molecule has 0 bridgehead atoms. The van der Waals surface area contributed by atoms with Gasteiger partial charge in [-0.25, -0.2) is 4.79 Å². The Balaban J connectivity index is 4.98. The van der Waals surface area contributed by atoms with Gasteiger partial charge in [0.25, 0.3) is 0 Å². The molecule has 0 rings (SSSR count).